The highest BCUT2D eigenvalue weighted by Gasteiger charge is 2.12. The van der Waals surface area contributed by atoms with Gasteiger partial charge in [0.25, 0.3) is 0 Å². The van der Waals surface area contributed by atoms with E-state index in [2.05, 4.69) is 30.8 Å². The third-order valence-electron chi connectivity index (χ3n) is 4.19. The van der Waals surface area contributed by atoms with Gasteiger partial charge in [-0.25, -0.2) is 9.82 Å². The predicted octanol–water partition coefficient (Wildman–Crippen LogP) is 3.29. The number of hydrogen-bond acceptors (Lipinski definition) is 10. The topological polar surface area (TPSA) is 106 Å². The zero-order valence-electron chi connectivity index (χ0n) is 18.4. The smallest absolute Gasteiger partial charge is 0.250 e. The van der Waals surface area contributed by atoms with Gasteiger partial charge in [-0.05, 0) is 36.4 Å². The lowest BCUT2D eigenvalue weighted by atomic mass is 10.2. The molecule has 0 aliphatic carbocycles. The van der Waals surface area contributed by atoms with Crippen molar-refractivity contribution in [2.45, 2.75) is 0 Å². The number of methoxy groups -OCH3 is 3. The minimum Gasteiger partial charge on any atom is -0.493 e. The number of nitrogens with zero attached hydrogens (tertiary/aromatic N) is 5. The second-order valence-electron chi connectivity index (χ2n) is 6.64. The Morgan fingerprint density at radius 3 is 2.09 bits per heavy atom. The van der Waals surface area contributed by atoms with Gasteiger partial charge in [0, 0.05) is 25.3 Å². The highest BCUT2D eigenvalue weighted by molar-refractivity contribution is 5.83. The lowest BCUT2D eigenvalue weighted by Gasteiger charge is -2.13. The number of benzene rings is 2. The van der Waals surface area contributed by atoms with Gasteiger partial charge in [0.1, 0.15) is 5.82 Å². The van der Waals surface area contributed by atoms with Crippen LogP contribution in [-0.4, -0.2) is 56.6 Å². The van der Waals surface area contributed by atoms with Gasteiger partial charge in [0.15, 0.2) is 11.5 Å². The first kappa shape index (κ1) is 22.5. The summed E-state index contributed by atoms with van der Waals surface area (Å²) in [4.78, 5) is 14.7. The van der Waals surface area contributed by atoms with E-state index >= 15 is 0 Å². The van der Waals surface area contributed by atoms with Crippen LogP contribution >= 0.6 is 0 Å². The molecule has 168 valence electrons. The van der Waals surface area contributed by atoms with Gasteiger partial charge < -0.3 is 24.4 Å². The van der Waals surface area contributed by atoms with E-state index in [0.29, 0.717) is 34.4 Å². The number of nitrogens with one attached hydrogen (secondary N) is 2. The quantitative estimate of drug-likeness (QED) is 0.382. The summed E-state index contributed by atoms with van der Waals surface area (Å²) in [5, 5.41) is 7.23. The lowest BCUT2D eigenvalue weighted by Crippen LogP contribution is -2.15. The van der Waals surface area contributed by atoms with Crippen LogP contribution in [0, 0.1) is 5.82 Å². The summed E-state index contributed by atoms with van der Waals surface area (Å²) < 4.78 is 29.2. The maximum atomic E-state index is 13.2. The molecular formula is C21H24FN7O3. The maximum absolute atomic E-state index is 13.2. The molecule has 10 nitrogen and oxygen atoms in total. The van der Waals surface area contributed by atoms with Crippen LogP contribution in [0.2, 0.25) is 0 Å². The molecule has 1 aromatic heterocycles. The Labute approximate surface area is 185 Å². The maximum Gasteiger partial charge on any atom is 0.250 e. The Bertz CT molecular complexity index is 1070. The summed E-state index contributed by atoms with van der Waals surface area (Å²) >= 11 is 0. The molecule has 3 rings (SSSR count). The van der Waals surface area contributed by atoms with Gasteiger partial charge in [-0.2, -0.15) is 20.1 Å². The summed E-state index contributed by atoms with van der Waals surface area (Å²) in [6.07, 6.45) is 1.57. The molecule has 2 N–H and O–H groups in total. The molecule has 0 radical (unpaired) electrons. The number of anilines is 4. The average molecular weight is 441 g/mol. The van der Waals surface area contributed by atoms with Crippen molar-refractivity contribution in [3.8, 4) is 17.2 Å². The van der Waals surface area contributed by atoms with E-state index < -0.39 is 0 Å². The Kier molecular flexibility index (Phi) is 7.21. The van der Waals surface area contributed by atoms with Crippen molar-refractivity contribution in [1.82, 2.24) is 15.0 Å². The Morgan fingerprint density at radius 2 is 1.53 bits per heavy atom. The fourth-order valence-electron chi connectivity index (χ4n) is 2.67. The molecule has 0 aliphatic heterocycles. The number of rotatable bonds is 9. The summed E-state index contributed by atoms with van der Waals surface area (Å²) in [6.45, 7) is 0. The molecule has 3 aromatic rings. The monoisotopic (exact) mass is 441 g/mol. The van der Waals surface area contributed by atoms with Crippen molar-refractivity contribution in [3.05, 3.63) is 47.8 Å². The van der Waals surface area contributed by atoms with Gasteiger partial charge in [-0.1, -0.05) is 0 Å². The number of ether oxygens (including phenoxy) is 3. The SMILES string of the molecule is COc1cc(/C=N\Nc2nc(Nc3ccc(F)cc3)nc(N(C)C)n2)cc(OC)c1OC. The average Bonchev–Trinajstić information content (AvgIpc) is 2.79. The Hall–Kier alpha value is -4.15. The minimum atomic E-state index is -0.330. The third kappa shape index (κ3) is 5.50. The van der Waals surface area contributed by atoms with Crippen LogP contribution in [0.15, 0.2) is 41.5 Å². The normalized spacial score (nSPS) is 10.7. The van der Waals surface area contributed by atoms with Crippen LogP contribution in [0.5, 0.6) is 17.2 Å². The first-order valence-electron chi connectivity index (χ1n) is 9.48. The summed E-state index contributed by atoms with van der Waals surface area (Å²) in [6, 6.07) is 9.38. The Balaban J connectivity index is 1.83. The molecule has 0 fully saturated rings. The standard InChI is InChI=1S/C21H24FN7O3/c1-29(2)21-26-19(24-15-8-6-14(22)7-9-15)25-20(27-21)28-23-12-13-10-16(30-3)18(32-5)17(11-13)31-4/h6-12H,1-5H3,(H2,24,25,26,27,28)/b23-12-. The number of aromatic nitrogens is 3. The molecular weight excluding hydrogens is 417 g/mol. The molecule has 1 heterocycles. The minimum absolute atomic E-state index is 0.219. The molecule has 0 saturated carbocycles. The van der Waals surface area contributed by atoms with Gasteiger partial charge in [-0.3, -0.25) is 0 Å². The molecule has 0 aliphatic rings. The number of halogens is 1. The fraction of sp³-hybridized carbons (Fsp3) is 0.238. The van der Waals surface area contributed by atoms with Gasteiger partial charge in [0.05, 0.1) is 27.5 Å². The first-order chi connectivity index (χ1) is 15.4. The van der Waals surface area contributed by atoms with Crippen LogP contribution < -0.4 is 29.9 Å². The Morgan fingerprint density at radius 1 is 0.906 bits per heavy atom. The van der Waals surface area contributed by atoms with Crippen LogP contribution in [0.25, 0.3) is 0 Å². The predicted molar refractivity (Wildman–Crippen MR) is 121 cm³/mol. The molecule has 11 heteroatoms. The van der Waals surface area contributed by atoms with E-state index in [1.165, 1.54) is 19.2 Å². The summed E-state index contributed by atoms with van der Waals surface area (Å²) in [5.41, 5.74) is 4.14. The summed E-state index contributed by atoms with van der Waals surface area (Å²) in [7, 11) is 8.23. The largest absolute Gasteiger partial charge is 0.493 e. The number of hydrogen-bond donors (Lipinski definition) is 2. The molecule has 0 unspecified atom stereocenters. The second-order valence-corrected chi connectivity index (χ2v) is 6.64. The zero-order valence-corrected chi connectivity index (χ0v) is 18.4. The van der Waals surface area contributed by atoms with E-state index in [9.17, 15) is 4.39 Å². The molecule has 0 saturated heterocycles. The van der Waals surface area contributed by atoms with E-state index in [-0.39, 0.29) is 17.7 Å². The van der Waals surface area contributed by atoms with Gasteiger partial charge in [-0.15, -0.1) is 0 Å². The second kappa shape index (κ2) is 10.2. The highest BCUT2D eigenvalue weighted by atomic mass is 19.1. The highest BCUT2D eigenvalue weighted by Crippen LogP contribution is 2.37. The zero-order chi connectivity index (χ0) is 23.1. The van der Waals surface area contributed by atoms with Crippen molar-refractivity contribution in [1.29, 1.82) is 0 Å². The molecule has 0 spiro atoms. The van der Waals surface area contributed by atoms with Crippen molar-refractivity contribution in [2.75, 3.05) is 51.1 Å². The molecule has 2 aromatic carbocycles. The van der Waals surface area contributed by atoms with Crippen molar-refractivity contribution in [3.63, 3.8) is 0 Å². The van der Waals surface area contributed by atoms with Crippen LogP contribution in [-0.2, 0) is 0 Å². The molecule has 0 amide bonds. The fourth-order valence-corrected chi connectivity index (χ4v) is 2.67. The van der Waals surface area contributed by atoms with Crippen LogP contribution in [0.3, 0.4) is 0 Å². The third-order valence-corrected chi connectivity index (χ3v) is 4.19. The van der Waals surface area contributed by atoms with Crippen molar-refractivity contribution >= 4 is 29.7 Å². The molecule has 0 bridgehead atoms. The van der Waals surface area contributed by atoms with E-state index in [1.807, 2.05) is 0 Å². The first-order valence-corrected chi connectivity index (χ1v) is 9.48. The lowest BCUT2D eigenvalue weighted by molar-refractivity contribution is 0.324. The van der Waals surface area contributed by atoms with E-state index in [0.717, 1.165) is 0 Å². The van der Waals surface area contributed by atoms with Crippen molar-refractivity contribution in [2.24, 2.45) is 5.10 Å². The van der Waals surface area contributed by atoms with E-state index in [4.69, 9.17) is 14.2 Å². The van der Waals surface area contributed by atoms with Gasteiger partial charge >= 0.3 is 0 Å². The van der Waals surface area contributed by atoms with Crippen molar-refractivity contribution < 1.29 is 18.6 Å². The molecule has 0 atom stereocenters. The number of hydrazone groups is 1. The molecule has 32 heavy (non-hydrogen) atoms. The van der Waals surface area contributed by atoms with Crippen LogP contribution in [0.4, 0.5) is 27.9 Å². The van der Waals surface area contributed by atoms with E-state index in [1.54, 1.807) is 63.7 Å². The summed E-state index contributed by atoms with van der Waals surface area (Å²) in [5.74, 6) is 2.09. The van der Waals surface area contributed by atoms with Crippen LogP contribution in [0.1, 0.15) is 5.56 Å². The van der Waals surface area contributed by atoms with Gasteiger partial charge in [0.2, 0.25) is 23.6 Å².